The first kappa shape index (κ1) is 17.2. The third-order valence-corrected chi connectivity index (χ3v) is 4.65. The van der Waals surface area contributed by atoms with Gasteiger partial charge in [-0.1, -0.05) is 49.7 Å². The van der Waals surface area contributed by atoms with Crippen molar-refractivity contribution in [1.29, 1.82) is 0 Å². The number of benzene rings is 2. The van der Waals surface area contributed by atoms with Crippen LogP contribution in [0.5, 0.6) is 0 Å². The number of hydrogen-bond donors (Lipinski definition) is 1. The molecule has 0 saturated heterocycles. The van der Waals surface area contributed by atoms with E-state index in [1.165, 1.54) is 5.56 Å². The highest BCUT2D eigenvalue weighted by Gasteiger charge is 2.32. The minimum Gasteiger partial charge on any atom is -0.340 e. The third-order valence-electron chi connectivity index (χ3n) is 4.65. The van der Waals surface area contributed by atoms with Gasteiger partial charge in [-0.2, -0.15) is 0 Å². The molecule has 4 heteroatoms. The number of nitrogens with zero attached hydrogens (tertiary/aromatic N) is 1. The van der Waals surface area contributed by atoms with Crippen LogP contribution in [-0.2, 0) is 11.2 Å². The van der Waals surface area contributed by atoms with Crippen molar-refractivity contribution in [2.75, 3.05) is 11.4 Å². The van der Waals surface area contributed by atoms with Gasteiger partial charge in [-0.05, 0) is 43.0 Å². The van der Waals surface area contributed by atoms with Crippen molar-refractivity contribution in [1.82, 2.24) is 5.32 Å². The maximum atomic E-state index is 13.1. The zero-order valence-electron chi connectivity index (χ0n) is 15.0. The number of rotatable bonds is 4. The Morgan fingerprint density at radius 1 is 1.08 bits per heavy atom. The summed E-state index contributed by atoms with van der Waals surface area (Å²) in [7, 11) is 0. The van der Waals surface area contributed by atoms with E-state index in [2.05, 4.69) is 11.4 Å². The fourth-order valence-electron chi connectivity index (χ4n) is 3.26. The van der Waals surface area contributed by atoms with E-state index in [-0.39, 0.29) is 17.7 Å². The second-order valence-corrected chi connectivity index (χ2v) is 6.93. The van der Waals surface area contributed by atoms with E-state index in [0.29, 0.717) is 12.1 Å². The summed E-state index contributed by atoms with van der Waals surface area (Å²) in [5, 5.41) is 2.94. The SMILES string of the molecule is Cc1cccc(C(=O)NC(C(=O)N2CCc3ccccc32)C(C)C)c1. The summed E-state index contributed by atoms with van der Waals surface area (Å²) < 4.78 is 0. The Bertz CT molecular complexity index is 798. The summed E-state index contributed by atoms with van der Waals surface area (Å²) in [6, 6.07) is 14.8. The number of amides is 2. The van der Waals surface area contributed by atoms with Gasteiger partial charge in [0.05, 0.1) is 0 Å². The number of nitrogens with one attached hydrogen (secondary N) is 1. The first-order valence-corrected chi connectivity index (χ1v) is 8.74. The van der Waals surface area contributed by atoms with Gasteiger partial charge in [0, 0.05) is 17.8 Å². The molecular formula is C21H24N2O2. The van der Waals surface area contributed by atoms with Gasteiger partial charge in [0.2, 0.25) is 5.91 Å². The molecule has 0 radical (unpaired) electrons. The molecule has 2 aromatic carbocycles. The number of anilines is 1. The standard InChI is InChI=1S/C21H24N2O2/c1-14(2)19(22-20(24)17-9-6-7-15(3)13-17)21(25)23-12-11-16-8-4-5-10-18(16)23/h4-10,13-14,19H,11-12H2,1-3H3,(H,22,24). The lowest BCUT2D eigenvalue weighted by molar-refractivity contribution is -0.121. The Kier molecular flexibility index (Phi) is 4.88. The van der Waals surface area contributed by atoms with E-state index in [1.807, 2.05) is 57.2 Å². The van der Waals surface area contributed by atoms with E-state index in [9.17, 15) is 9.59 Å². The molecule has 2 aromatic rings. The fourth-order valence-corrected chi connectivity index (χ4v) is 3.26. The second-order valence-electron chi connectivity index (χ2n) is 6.93. The van der Waals surface area contributed by atoms with Gasteiger partial charge in [-0.3, -0.25) is 9.59 Å². The summed E-state index contributed by atoms with van der Waals surface area (Å²) in [4.78, 5) is 27.5. The molecule has 1 atom stereocenters. The normalized spacial score (nSPS) is 14.3. The molecule has 1 aliphatic heterocycles. The van der Waals surface area contributed by atoms with Crippen molar-refractivity contribution in [2.24, 2.45) is 5.92 Å². The maximum absolute atomic E-state index is 13.1. The highest BCUT2D eigenvalue weighted by Crippen LogP contribution is 2.28. The summed E-state index contributed by atoms with van der Waals surface area (Å²) in [5.41, 5.74) is 3.75. The van der Waals surface area contributed by atoms with E-state index >= 15 is 0 Å². The molecule has 1 unspecified atom stereocenters. The number of carbonyl (C=O) groups excluding carboxylic acids is 2. The Morgan fingerprint density at radius 2 is 1.84 bits per heavy atom. The fraction of sp³-hybridized carbons (Fsp3) is 0.333. The molecule has 1 N–H and O–H groups in total. The van der Waals surface area contributed by atoms with Crippen LogP contribution < -0.4 is 10.2 Å². The summed E-state index contributed by atoms with van der Waals surface area (Å²) in [6.07, 6.45) is 0.860. The molecule has 0 aromatic heterocycles. The lowest BCUT2D eigenvalue weighted by Crippen LogP contribution is -2.51. The molecular weight excluding hydrogens is 312 g/mol. The van der Waals surface area contributed by atoms with Crippen LogP contribution in [-0.4, -0.2) is 24.4 Å². The van der Waals surface area contributed by atoms with Gasteiger partial charge in [-0.25, -0.2) is 0 Å². The van der Waals surface area contributed by atoms with Crippen molar-refractivity contribution >= 4 is 17.5 Å². The lowest BCUT2D eigenvalue weighted by atomic mass is 10.0. The van der Waals surface area contributed by atoms with Crippen molar-refractivity contribution in [3.05, 3.63) is 65.2 Å². The Morgan fingerprint density at radius 3 is 2.56 bits per heavy atom. The van der Waals surface area contributed by atoms with Crippen LogP contribution >= 0.6 is 0 Å². The number of carbonyl (C=O) groups is 2. The summed E-state index contributed by atoms with van der Waals surface area (Å²) in [5.74, 6) is -0.238. The zero-order valence-corrected chi connectivity index (χ0v) is 15.0. The molecule has 4 nitrogen and oxygen atoms in total. The highest BCUT2D eigenvalue weighted by molar-refractivity contribution is 6.03. The van der Waals surface area contributed by atoms with Gasteiger partial charge in [-0.15, -0.1) is 0 Å². The zero-order chi connectivity index (χ0) is 18.0. The Hall–Kier alpha value is -2.62. The number of aryl methyl sites for hydroxylation is 1. The molecule has 2 amide bonds. The minimum atomic E-state index is -0.542. The first-order valence-electron chi connectivity index (χ1n) is 8.74. The van der Waals surface area contributed by atoms with Gasteiger partial charge >= 0.3 is 0 Å². The van der Waals surface area contributed by atoms with Crippen LogP contribution in [0.4, 0.5) is 5.69 Å². The average molecular weight is 336 g/mol. The van der Waals surface area contributed by atoms with Crippen molar-refractivity contribution < 1.29 is 9.59 Å². The van der Waals surface area contributed by atoms with Crippen LogP contribution in [0.2, 0.25) is 0 Å². The molecule has 3 rings (SSSR count). The molecule has 25 heavy (non-hydrogen) atoms. The topological polar surface area (TPSA) is 49.4 Å². The molecule has 0 bridgehead atoms. The van der Waals surface area contributed by atoms with Crippen molar-refractivity contribution in [3.8, 4) is 0 Å². The Labute approximate surface area is 148 Å². The second kappa shape index (κ2) is 7.09. The number of para-hydroxylation sites is 1. The molecule has 130 valence electrons. The first-order chi connectivity index (χ1) is 12.0. The molecule has 1 aliphatic rings. The molecule has 0 saturated carbocycles. The maximum Gasteiger partial charge on any atom is 0.251 e. The van der Waals surface area contributed by atoms with Crippen molar-refractivity contribution in [3.63, 3.8) is 0 Å². The predicted octanol–water partition coefficient (Wildman–Crippen LogP) is 3.34. The molecule has 1 heterocycles. The van der Waals surface area contributed by atoms with E-state index in [0.717, 1.165) is 17.7 Å². The summed E-state index contributed by atoms with van der Waals surface area (Å²) in [6.45, 7) is 6.53. The largest absolute Gasteiger partial charge is 0.340 e. The van der Waals surface area contributed by atoms with Crippen LogP contribution in [0.15, 0.2) is 48.5 Å². The lowest BCUT2D eigenvalue weighted by Gasteiger charge is -2.27. The minimum absolute atomic E-state index is 0.00835. The molecule has 0 fully saturated rings. The van der Waals surface area contributed by atoms with Gasteiger partial charge in [0.25, 0.3) is 5.91 Å². The highest BCUT2D eigenvalue weighted by atomic mass is 16.2. The predicted molar refractivity (Wildman–Crippen MR) is 99.8 cm³/mol. The summed E-state index contributed by atoms with van der Waals surface area (Å²) >= 11 is 0. The van der Waals surface area contributed by atoms with E-state index in [4.69, 9.17) is 0 Å². The third kappa shape index (κ3) is 3.58. The van der Waals surface area contributed by atoms with E-state index in [1.54, 1.807) is 11.0 Å². The molecule has 0 aliphatic carbocycles. The van der Waals surface area contributed by atoms with Crippen LogP contribution in [0.25, 0.3) is 0 Å². The molecule has 0 spiro atoms. The number of hydrogen-bond acceptors (Lipinski definition) is 2. The van der Waals surface area contributed by atoms with Crippen LogP contribution in [0.1, 0.15) is 35.3 Å². The van der Waals surface area contributed by atoms with Crippen LogP contribution in [0.3, 0.4) is 0 Å². The van der Waals surface area contributed by atoms with Gasteiger partial charge in [0.1, 0.15) is 6.04 Å². The van der Waals surface area contributed by atoms with Gasteiger partial charge < -0.3 is 10.2 Å². The quantitative estimate of drug-likeness (QED) is 0.931. The van der Waals surface area contributed by atoms with Crippen molar-refractivity contribution in [2.45, 2.75) is 33.2 Å². The number of fused-ring (bicyclic) bond motifs is 1. The van der Waals surface area contributed by atoms with Crippen LogP contribution in [0, 0.1) is 12.8 Å². The monoisotopic (exact) mass is 336 g/mol. The average Bonchev–Trinajstić information content (AvgIpc) is 3.02. The Balaban J connectivity index is 1.80. The van der Waals surface area contributed by atoms with E-state index < -0.39 is 6.04 Å². The smallest absolute Gasteiger partial charge is 0.251 e. The van der Waals surface area contributed by atoms with Gasteiger partial charge in [0.15, 0.2) is 0 Å².